The average Bonchev–Trinajstić information content (AvgIpc) is 3.80. The maximum atomic E-state index is 9.68. The van der Waals surface area contributed by atoms with Gasteiger partial charge in [-0.05, 0) is 106 Å². The average molecular weight is 696 g/mol. The number of hydrogen-bond acceptors (Lipinski definition) is 4. The van der Waals surface area contributed by atoms with Gasteiger partial charge in [0.25, 0.3) is 0 Å². The minimum Gasteiger partial charge on any atom is -0.456 e. The summed E-state index contributed by atoms with van der Waals surface area (Å²) >= 11 is 0. The summed E-state index contributed by atoms with van der Waals surface area (Å²) < 4.78 is 6.35. The monoisotopic (exact) mass is 695 g/mol. The Hall–Kier alpha value is -6.31. The van der Waals surface area contributed by atoms with Gasteiger partial charge >= 0.3 is 0 Å². The molecule has 258 valence electrons. The van der Waals surface area contributed by atoms with Crippen LogP contribution in [0.4, 0.5) is 0 Å². The van der Waals surface area contributed by atoms with Crippen LogP contribution < -0.4 is 0 Å². The normalized spacial score (nSPS) is 15.9. The van der Waals surface area contributed by atoms with Crippen molar-refractivity contribution in [3.05, 3.63) is 155 Å². The molecule has 0 unspecified atom stereocenters. The van der Waals surface area contributed by atoms with E-state index >= 15 is 0 Å². The van der Waals surface area contributed by atoms with Crippen LogP contribution in [0.5, 0.6) is 0 Å². The van der Waals surface area contributed by atoms with Crippen LogP contribution in [-0.4, -0.2) is 9.97 Å². The van der Waals surface area contributed by atoms with Crippen molar-refractivity contribution in [1.82, 2.24) is 9.97 Å². The van der Waals surface area contributed by atoms with E-state index in [2.05, 4.69) is 129 Å². The zero-order valence-corrected chi connectivity index (χ0v) is 30.4. The van der Waals surface area contributed by atoms with E-state index < -0.39 is 0 Å². The van der Waals surface area contributed by atoms with Gasteiger partial charge in [-0.2, -0.15) is 5.26 Å². The third kappa shape index (κ3) is 4.42. The van der Waals surface area contributed by atoms with Crippen molar-refractivity contribution in [3.63, 3.8) is 0 Å². The van der Waals surface area contributed by atoms with Crippen molar-refractivity contribution in [3.8, 4) is 62.2 Å². The highest BCUT2D eigenvalue weighted by molar-refractivity contribution is 6.05. The molecule has 11 rings (SSSR count). The van der Waals surface area contributed by atoms with Crippen LogP contribution in [0.15, 0.2) is 132 Å². The van der Waals surface area contributed by atoms with Gasteiger partial charge in [0.2, 0.25) is 0 Å². The van der Waals surface area contributed by atoms with Gasteiger partial charge in [0, 0.05) is 38.3 Å². The fraction of sp³-hybridized carbons (Fsp3) is 0.180. The number of nitrogens with zero attached hydrogens (tertiary/aromatic N) is 3. The predicted octanol–water partition coefficient (Wildman–Crippen LogP) is 12.8. The first-order valence-electron chi connectivity index (χ1n) is 19.2. The molecule has 1 saturated carbocycles. The second-order valence-corrected chi connectivity index (χ2v) is 16.0. The molecule has 0 radical (unpaired) electrons. The lowest BCUT2D eigenvalue weighted by Gasteiger charge is -2.36. The summed E-state index contributed by atoms with van der Waals surface area (Å²) in [5.41, 5.74) is 17.5. The fourth-order valence-corrected chi connectivity index (χ4v) is 10.0. The largest absolute Gasteiger partial charge is 0.456 e. The van der Waals surface area contributed by atoms with E-state index in [-0.39, 0.29) is 10.8 Å². The first kappa shape index (κ1) is 31.2. The van der Waals surface area contributed by atoms with Crippen LogP contribution in [0.1, 0.15) is 73.8 Å². The van der Waals surface area contributed by atoms with Crippen LogP contribution in [0.3, 0.4) is 0 Å². The Labute approximate surface area is 314 Å². The predicted molar refractivity (Wildman–Crippen MR) is 217 cm³/mol. The second kappa shape index (κ2) is 11.3. The Bertz CT molecular complexity index is 2920. The molecule has 0 N–H and O–H groups in total. The number of hydrogen-bond donors (Lipinski definition) is 0. The van der Waals surface area contributed by atoms with Crippen molar-refractivity contribution < 1.29 is 4.42 Å². The maximum absolute atomic E-state index is 9.68. The van der Waals surface area contributed by atoms with E-state index in [1.807, 2.05) is 18.2 Å². The first-order chi connectivity index (χ1) is 26.4. The molecule has 2 aromatic heterocycles. The second-order valence-electron chi connectivity index (χ2n) is 16.0. The molecule has 3 aliphatic rings. The molecule has 4 heteroatoms. The smallest absolute Gasteiger partial charge is 0.160 e. The van der Waals surface area contributed by atoms with Crippen molar-refractivity contribution in [2.75, 3.05) is 0 Å². The number of furan rings is 1. The molecule has 2 heterocycles. The topological polar surface area (TPSA) is 62.7 Å². The van der Waals surface area contributed by atoms with Gasteiger partial charge in [0.15, 0.2) is 5.82 Å². The third-order valence-electron chi connectivity index (χ3n) is 12.7. The Morgan fingerprint density at radius 3 is 1.96 bits per heavy atom. The lowest BCUT2D eigenvalue weighted by atomic mass is 9.67. The van der Waals surface area contributed by atoms with Gasteiger partial charge in [0.1, 0.15) is 11.2 Å². The van der Waals surface area contributed by atoms with Crippen LogP contribution in [0.25, 0.3) is 78.1 Å². The van der Waals surface area contributed by atoms with Gasteiger partial charge < -0.3 is 4.42 Å². The Balaban J connectivity index is 1.10. The lowest BCUT2D eigenvalue weighted by molar-refractivity contribution is 0.353. The number of aromatic nitrogens is 2. The highest BCUT2D eigenvalue weighted by Crippen LogP contribution is 2.56. The molecule has 0 bridgehead atoms. The zero-order valence-electron chi connectivity index (χ0n) is 30.4. The number of nitriles is 1. The SMILES string of the molecule is CC1(C)c2cc(C#N)ccc2-c2ccc(-c3cc(-c4ccc5c(c4)oc4ccccc45)nc(-c4ccc5c(c4)C4(CCCCC4)c4ccccc4-5)n3)cc21. The summed E-state index contributed by atoms with van der Waals surface area (Å²) in [6.45, 7) is 4.51. The molecule has 0 amide bonds. The minimum atomic E-state index is -0.262. The van der Waals surface area contributed by atoms with Crippen LogP contribution >= 0.6 is 0 Å². The van der Waals surface area contributed by atoms with Crippen molar-refractivity contribution in [1.29, 1.82) is 5.26 Å². The summed E-state index contributed by atoms with van der Waals surface area (Å²) in [5.74, 6) is 0.721. The van der Waals surface area contributed by atoms with Crippen molar-refractivity contribution in [2.24, 2.45) is 0 Å². The first-order valence-corrected chi connectivity index (χ1v) is 19.2. The van der Waals surface area contributed by atoms with E-state index in [4.69, 9.17) is 14.4 Å². The molecular formula is C50H37N3O. The molecule has 0 atom stereocenters. The number of rotatable bonds is 3. The molecule has 6 aromatic carbocycles. The maximum Gasteiger partial charge on any atom is 0.160 e. The highest BCUT2D eigenvalue weighted by atomic mass is 16.3. The Kier molecular flexibility index (Phi) is 6.56. The van der Waals surface area contributed by atoms with E-state index in [1.165, 1.54) is 76.6 Å². The summed E-state index contributed by atoms with van der Waals surface area (Å²) in [4.78, 5) is 10.7. The molecule has 0 saturated heterocycles. The van der Waals surface area contributed by atoms with E-state index in [0.29, 0.717) is 5.56 Å². The molecular weight excluding hydrogens is 659 g/mol. The molecule has 4 nitrogen and oxygen atoms in total. The van der Waals surface area contributed by atoms with Crippen LogP contribution in [-0.2, 0) is 10.8 Å². The molecule has 8 aromatic rings. The van der Waals surface area contributed by atoms with Crippen molar-refractivity contribution in [2.45, 2.75) is 56.8 Å². The van der Waals surface area contributed by atoms with Gasteiger partial charge in [-0.15, -0.1) is 0 Å². The lowest BCUT2D eigenvalue weighted by Crippen LogP contribution is -2.28. The van der Waals surface area contributed by atoms with Gasteiger partial charge in [-0.1, -0.05) is 112 Å². The molecule has 0 aliphatic heterocycles. The van der Waals surface area contributed by atoms with E-state index in [9.17, 15) is 5.26 Å². The van der Waals surface area contributed by atoms with Crippen LogP contribution in [0, 0.1) is 11.3 Å². The Morgan fingerprint density at radius 2 is 1.15 bits per heavy atom. The van der Waals surface area contributed by atoms with E-state index in [1.54, 1.807) is 0 Å². The number of benzene rings is 6. The summed E-state index contributed by atoms with van der Waals surface area (Å²) in [5, 5.41) is 11.9. The van der Waals surface area contributed by atoms with Crippen molar-refractivity contribution >= 4 is 21.9 Å². The number of fused-ring (bicyclic) bond motifs is 11. The standard InChI is InChI=1S/C50H37N3O/c1-49(2)41-24-30(29-51)14-18-35(41)36-19-15-31(25-42(36)49)44-28-45(32-16-21-39-38-11-5-7-13-46(38)54-47(39)27-32)53-48(52-44)33-17-20-37-34-10-4-6-12-40(34)50(43(37)26-33)22-8-3-9-23-50/h4-7,10-21,24-28H,3,8-9,22-23H2,1-2H3. The summed E-state index contributed by atoms with van der Waals surface area (Å²) in [6.07, 6.45) is 6.13. The van der Waals surface area contributed by atoms with Gasteiger partial charge in [0.05, 0.1) is 23.0 Å². The van der Waals surface area contributed by atoms with Crippen LogP contribution in [0.2, 0.25) is 0 Å². The zero-order chi connectivity index (χ0) is 36.2. The summed E-state index contributed by atoms with van der Waals surface area (Å²) in [6, 6.07) is 47.9. The quantitative estimate of drug-likeness (QED) is 0.185. The fourth-order valence-electron chi connectivity index (χ4n) is 10.0. The highest BCUT2D eigenvalue weighted by Gasteiger charge is 2.44. The molecule has 54 heavy (non-hydrogen) atoms. The minimum absolute atomic E-state index is 0.0406. The number of para-hydroxylation sites is 1. The summed E-state index contributed by atoms with van der Waals surface area (Å²) in [7, 11) is 0. The Morgan fingerprint density at radius 1 is 0.537 bits per heavy atom. The molecule has 1 fully saturated rings. The van der Waals surface area contributed by atoms with Gasteiger partial charge in [-0.3, -0.25) is 0 Å². The molecule has 3 aliphatic carbocycles. The van der Waals surface area contributed by atoms with E-state index in [0.717, 1.165) is 55.8 Å². The third-order valence-corrected chi connectivity index (χ3v) is 12.7. The van der Waals surface area contributed by atoms with Gasteiger partial charge in [-0.25, -0.2) is 9.97 Å². The molecule has 1 spiro atoms.